The predicted octanol–water partition coefficient (Wildman–Crippen LogP) is 2.68. The monoisotopic (exact) mass is 474 g/mol. The third kappa shape index (κ3) is 7.11. The van der Waals surface area contributed by atoms with Gasteiger partial charge < -0.3 is 20.7 Å². The molecule has 3 N–H and O–H groups in total. The molecule has 0 aliphatic carbocycles. The molecule has 1 amide bonds. The average molecular weight is 474 g/mol. The maximum absolute atomic E-state index is 12.1. The summed E-state index contributed by atoms with van der Waals surface area (Å²) in [5, 5.41) is 9.51. The Kier molecular flexibility index (Phi) is 9.93. The minimum absolute atomic E-state index is 0. The fourth-order valence-corrected chi connectivity index (χ4v) is 2.82. The van der Waals surface area contributed by atoms with Gasteiger partial charge in [-0.3, -0.25) is 9.79 Å². The molecule has 1 atom stereocenters. The van der Waals surface area contributed by atoms with Crippen molar-refractivity contribution >= 4 is 35.8 Å². The van der Waals surface area contributed by atoms with Crippen molar-refractivity contribution in [1.29, 1.82) is 0 Å². The van der Waals surface area contributed by atoms with Gasteiger partial charge in [-0.25, -0.2) is 0 Å². The minimum Gasteiger partial charge on any atom is -0.373 e. The Bertz CT molecular complexity index is 601. The van der Waals surface area contributed by atoms with E-state index in [0.717, 1.165) is 43.9 Å². The molecule has 0 radical (unpaired) electrons. The van der Waals surface area contributed by atoms with Gasteiger partial charge in [-0.2, -0.15) is 0 Å². The number of amides is 1. The Balaban J connectivity index is 0.00000338. The van der Waals surface area contributed by atoms with Crippen molar-refractivity contribution in [2.24, 2.45) is 4.99 Å². The molecule has 1 aliphatic heterocycles. The van der Waals surface area contributed by atoms with Crippen LogP contribution >= 0.6 is 24.0 Å². The molecule has 1 aromatic carbocycles. The zero-order valence-corrected chi connectivity index (χ0v) is 18.3. The maximum Gasteiger partial charge on any atom is 0.251 e. The van der Waals surface area contributed by atoms with Crippen LogP contribution in [0.2, 0.25) is 0 Å². The smallest absolute Gasteiger partial charge is 0.251 e. The molecule has 1 unspecified atom stereocenters. The summed E-state index contributed by atoms with van der Waals surface area (Å²) < 4.78 is 5.78. The Hall–Kier alpha value is -1.35. The number of carbonyl (C=O) groups excluding carboxylic acids is 1. The summed E-state index contributed by atoms with van der Waals surface area (Å²) in [6.07, 6.45) is 3.10. The summed E-state index contributed by atoms with van der Waals surface area (Å²) in [5.41, 5.74) is 1.60. The van der Waals surface area contributed by atoms with Crippen molar-refractivity contribution in [2.75, 3.05) is 26.7 Å². The molecule has 26 heavy (non-hydrogen) atoms. The van der Waals surface area contributed by atoms with Crippen molar-refractivity contribution in [3.63, 3.8) is 0 Å². The summed E-state index contributed by atoms with van der Waals surface area (Å²) in [6, 6.07) is 7.65. The summed E-state index contributed by atoms with van der Waals surface area (Å²) in [5.74, 6) is 0.704. The van der Waals surface area contributed by atoms with Crippen LogP contribution < -0.4 is 16.0 Å². The molecule has 2 rings (SSSR count). The third-order valence-electron chi connectivity index (χ3n) is 4.34. The Morgan fingerprint density at radius 1 is 1.31 bits per heavy atom. The highest BCUT2D eigenvalue weighted by molar-refractivity contribution is 14.0. The van der Waals surface area contributed by atoms with Crippen LogP contribution in [0.4, 0.5) is 0 Å². The van der Waals surface area contributed by atoms with Crippen LogP contribution in [-0.2, 0) is 11.3 Å². The molecular formula is C19H31IN4O2. The number of halogens is 1. The molecule has 1 saturated heterocycles. The number of hydrogen-bond donors (Lipinski definition) is 3. The number of aliphatic imine (C=N–C) groups is 1. The van der Waals surface area contributed by atoms with Gasteiger partial charge in [0.25, 0.3) is 5.91 Å². The number of nitrogens with one attached hydrogen (secondary N) is 3. The standard InChI is InChI=1S/C19H30N4O2.HI/c1-4-10-21-17(24)16-8-5-7-15(12-16)13-22-18(20-3)23-14-19(2)9-6-11-25-19;/h5,7-8,12H,4,6,9-11,13-14H2,1-3H3,(H,21,24)(H2,20,22,23);1H. The Morgan fingerprint density at radius 2 is 2.12 bits per heavy atom. The average Bonchev–Trinajstić information content (AvgIpc) is 3.07. The fraction of sp³-hybridized carbons (Fsp3) is 0.579. The lowest BCUT2D eigenvalue weighted by Gasteiger charge is -2.24. The second-order valence-corrected chi connectivity index (χ2v) is 6.64. The molecular weight excluding hydrogens is 443 g/mol. The van der Waals surface area contributed by atoms with Gasteiger partial charge in [-0.15, -0.1) is 24.0 Å². The lowest BCUT2D eigenvalue weighted by Crippen LogP contribution is -2.45. The van der Waals surface area contributed by atoms with E-state index in [1.807, 2.05) is 31.2 Å². The number of guanidine groups is 1. The zero-order chi connectivity index (χ0) is 18.1. The minimum atomic E-state index is -0.116. The van der Waals surface area contributed by atoms with Gasteiger partial charge in [-0.1, -0.05) is 19.1 Å². The lowest BCUT2D eigenvalue weighted by atomic mass is 10.0. The summed E-state index contributed by atoms with van der Waals surface area (Å²) in [7, 11) is 1.75. The van der Waals surface area contributed by atoms with Crippen LogP contribution in [-0.4, -0.2) is 44.2 Å². The fourth-order valence-electron chi connectivity index (χ4n) is 2.82. The number of ether oxygens (including phenoxy) is 1. The molecule has 7 heteroatoms. The van der Waals surface area contributed by atoms with Crippen molar-refractivity contribution in [3.05, 3.63) is 35.4 Å². The van der Waals surface area contributed by atoms with E-state index in [2.05, 4.69) is 27.9 Å². The molecule has 146 valence electrons. The van der Waals surface area contributed by atoms with Crippen LogP contribution in [0.3, 0.4) is 0 Å². The van der Waals surface area contributed by atoms with Gasteiger partial charge in [0.15, 0.2) is 5.96 Å². The number of nitrogens with zero attached hydrogens (tertiary/aromatic N) is 1. The van der Waals surface area contributed by atoms with E-state index >= 15 is 0 Å². The molecule has 1 aromatic rings. The second-order valence-electron chi connectivity index (χ2n) is 6.64. The van der Waals surface area contributed by atoms with Crippen molar-refractivity contribution in [1.82, 2.24) is 16.0 Å². The van der Waals surface area contributed by atoms with E-state index in [-0.39, 0.29) is 35.5 Å². The van der Waals surface area contributed by atoms with Gasteiger partial charge >= 0.3 is 0 Å². The van der Waals surface area contributed by atoms with Crippen LogP contribution in [0.25, 0.3) is 0 Å². The number of hydrogen-bond acceptors (Lipinski definition) is 3. The largest absolute Gasteiger partial charge is 0.373 e. The van der Waals surface area contributed by atoms with Gasteiger partial charge in [-0.05, 0) is 43.9 Å². The Labute approximate surface area is 173 Å². The normalized spacial score (nSPS) is 19.6. The van der Waals surface area contributed by atoms with E-state index in [4.69, 9.17) is 4.74 Å². The first-order valence-electron chi connectivity index (χ1n) is 9.02. The van der Waals surface area contributed by atoms with Gasteiger partial charge in [0, 0.05) is 38.9 Å². The molecule has 6 nitrogen and oxygen atoms in total. The van der Waals surface area contributed by atoms with Crippen molar-refractivity contribution in [3.8, 4) is 0 Å². The first-order valence-corrected chi connectivity index (χ1v) is 9.02. The van der Waals surface area contributed by atoms with E-state index in [9.17, 15) is 4.79 Å². The van der Waals surface area contributed by atoms with E-state index in [1.54, 1.807) is 7.05 Å². The van der Waals surface area contributed by atoms with E-state index in [1.165, 1.54) is 0 Å². The molecule has 0 bridgehead atoms. The van der Waals surface area contributed by atoms with Crippen LogP contribution in [0.1, 0.15) is 49.0 Å². The first-order chi connectivity index (χ1) is 12.1. The molecule has 1 fully saturated rings. The summed E-state index contributed by atoms with van der Waals surface area (Å²) >= 11 is 0. The number of benzene rings is 1. The number of rotatable bonds is 7. The highest BCUT2D eigenvalue weighted by Crippen LogP contribution is 2.23. The highest BCUT2D eigenvalue weighted by Gasteiger charge is 2.29. The third-order valence-corrected chi connectivity index (χ3v) is 4.34. The van der Waals surface area contributed by atoms with E-state index < -0.39 is 0 Å². The quantitative estimate of drug-likeness (QED) is 0.323. The number of carbonyl (C=O) groups is 1. The summed E-state index contributed by atoms with van der Waals surface area (Å²) in [6.45, 7) is 7.02. The maximum atomic E-state index is 12.1. The molecule has 1 heterocycles. The van der Waals surface area contributed by atoms with Crippen LogP contribution in [0.5, 0.6) is 0 Å². The lowest BCUT2D eigenvalue weighted by molar-refractivity contribution is 0.0243. The van der Waals surface area contributed by atoms with Gasteiger partial charge in [0.05, 0.1) is 5.60 Å². The highest BCUT2D eigenvalue weighted by atomic mass is 127. The van der Waals surface area contributed by atoms with Gasteiger partial charge in [0.2, 0.25) is 0 Å². The summed E-state index contributed by atoms with van der Waals surface area (Å²) in [4.78, 5) is 16.3. The predicted molar refractivity (Wildman–Crippen MR) is 116 cm³/mol. The second kappa shape index (κ2) is 11.4. The SMILES string of the molecule is CCCNC(=O)c1cccc(CNC(=NC)NCC2(C)CCCO2)c1.I. The van der Waals surface area contributed by atoms with Crippen molar-refractivity contribution < 1.29 is 9.53 Å². The van der Waals surface area contributed by atoms with E-state index in [0.29, 0.717) is 18.7 Å². The molecule has 0 saturated carbocycles. The van der Waals surface area contributed by atoms with Crippen LogP contribution in [0.15, 0.2) is 29.3 Å². The molecule has 0 spiro atoms. The first kappa shape index (κ1) is 22.7. The zero-order valence-electron chi connectivity index (χ0n) is 15.9. The van der Waals surface area contributed by atoms with Gasteiger partial charge in [0.1, 0.15) is 0 Å². The Morgan fingerprint density at radius 3 is 2.77 bits per heavy atom. The molecule has 1 aliphatic rings. The molecule has 0 aromatic heterocycles. The topological polar surface area (TPSA) is 74.8 Å². The van der Waals surface area contributed by atoms with Crippen molar-refractivity contribution in [2.45, 2.75) is 45.3 Å². The van der Waals surface area contributed by atoms with Crippen LogP contribution in [0, 0.1) is 0 Å².